The lowest BCUT2D eigenvalue weighted by molar-refractivity contribution is 0.182. The van der Waals surface area contributed by atoms with Gasteiger partial charge in [-0.3, -0.25) is 0 Å². The van der Waals surface area contributed by atoms with Crippen LogP contribution in [0.15, 0.2) is 18.2 Å². The molecular formula is C13H20FNO2. The smallest absolute Gasteiger partial charge is 0.123 e. The highest BCUT2D eigenvalue weighted by Crippen LogP contribution is 2.27. The second kappa shape index (κ2) is 5.98. The fourth-order valence-electron chi connectivity index (χ4n) is 1.77. The monoisotopic (exact) mass is 241 g/mol. The molecule has 1 aromatic rings. The first-order valence-corrected chi connectivity index (χ1v) is 5.66. The Hall–Kier alpha value is -1.13. The molecule has 0 aromatic heterocycles. The molecule has 0 heterocycles. The Morgan fingerprint density at radius 2 is 2.06 bits per heavy atom. The van der Waals surface area contributed by atoms with E-state index in [1.54, 1.807) is 20.1 Å². The molecule has 3 nitrogen and oxygen atoms in total. The summed E-state index contributed by atoms with van der Waals surface area (Å²) in [7, 11) is 3.55. The van der Waals surface area contributed by atoms with Crippen molar-refractivity contribution >= 4 is 5.69 Å². The van der Waals surface area contributed by atoms with Crippen LogP contribution in [0.5, 0.6) is 0 Å². The first-order valence-electron chi connectivity index (χ1n) is 5.66. The Balaban J connectivity index is 3.03. The van der Waals surface area contributed by atoms with E-state index in [1.807, 2.05) is 18.9 Å². The Morgan fingerprint density at radius 1 is 1.41 bits per heavy atom. The third kappa shape index (κ3) is 3.41. The average molecular weight is 241 g/mol. The minimum atomic E-state index is -0.696. The maximum absolute atomic E-state index is 13.2. The zero-order valence-electron chi connectivity index (χ0n) is 10.8. The van der Waals surface area contributed by atoms with E-state index in [1.165, 1.54) is 12.1 Å². The lowest BCUT2D eigenvalue weighted by Crippen LogP contribution is -2.33. The zero-order chi connectivity index (χ0) is 13.0. The SMILES string of the molecule is COCC(C)N(C)c1ccc(F)cc1C(C)O. The van der Waals surface area contributed by atoms with Crippen LogP contribution in [-0.4, -0.2) is 31.9 Å². The van der Waals surface area contributed by atoms with Crippen molar-refractivity contribution in [1.29, 1.82) is 0 Å². The molecule has 0 saturated heterocycles. The van der Waals surface area contributed by atoms with Crippen LogP contribution in [0.3, 0.4) is 0 Å². The number of anilines is 1. The molecule has 0 aliphatic heterocycles. The Kier molecular flexibility index (Phi) is 4.90. The molecule has 0 aliphatic rings. The lowest BCUT2D eigenvalue weighted by atomic mass is 10.1. The highest BCUT2D eigenvalue weighted by molar-refractivity contribution is 5.54. The Labute approximate surface area is 102 Å². The van der Waals surface area contributed by atoms with Gasteiger partial charge >= 0.3 is 0 Å². The fraction of sp³-hybridized carbons (Fsp3) is 0.538. The molecular weight excluding hydrogens is 221 g/mol. The first kappa shape index (κ1) is 13.9. The number of aliphatic hydroxyl groups excluding tert-OH is 1. The summed E-state index contributed by atoms with van der Waals surface area (Å²) in [5, 5.41) is 9.66. The van der Waals surface area contributed by atoms with Crippen LogP contribution in [0, 0.1) is 5.82 Å². The first-order chi connectivity index (χ1) is 7.97. The van der Waals surface area contributed by atoms with Gasteiger partial charge in [-0.1, -0.05) is 0 Å². The summed E-state index contributed by atoms with van der Waals surface area (Å²) in [5.74, 6) is -0.336. The van der Waals surface area contributed by atoms with Gasteiger partial charge in [-0.05, 0) is 32.0 Å². The topological polar surface area (TPSA) is 32.7 Å². The number of methoxy groups -OCH3 is 1. The van der Waals surface area contributed by atoms with E-state index in [2.05, 4.69) is 0 Å². The lowest BCUT2D eigenvalue weighted by Gasteiger charge is -2.29. The molecule has 0 spiro atoms. The number of aliphatic hydroxyl groups is 1. The van der Waals surface area contributed by atoms with Crippen LogP contribution in [-0.2, 0) is 4.74 Å². The Morgan fingerprint density at radius 3 is 2.59 bits per heavy atom. The van der Waals surface area contributed by atoms with Gasteiger partial charge in [0.25, 0.3) is 0 Å². The number of likely N-dealkylation sites (N-methyl/N-ethyl adjacent to an activating group) is 1. The second-order valence-corrected chi connectivity index (χ2v) is 4.29. The highest BCUT2D eigenvalue weighted by atomic mass is 19.1. The van der Waals surface area contributed by atoms with Gasteiger partial charge in [-0.15, -0.1) is 0 Å². The van der Waals surface area contributed by atoms with Crippen LogP contribution >= 0.6 is 0 Å². The average Bonchev–Trinajstić information content (AvgIpc) is 2.28. The molecule has 0 amide bonds. The van der Waals surface area contributed by atoms with Crippen molar-refractivity contribution in [2.24, 2.45) is 0 Å². The van der Waals surface area contributed by atoms with E-state index in [9.17, 15) is 9.50 Å². The molecule has 4 heteroatoms. The normalized spacial score (nSPS) is 14.5. The molecule has 2 atom stereocenters. The van der Waals surface area contributed by atoms with Crippen molar-refractivity contribution in [3.8, 4) is 0 Å². The number of ether oxygens (including phenoxy) is 1. The van der Waals surface area contributed by atoms with Crippen LogP contribution < -0.4 is 4.90 Å². The second-order valence-electron chi connectivity index (χ2n) is 4.29. The maximum atomic E-state index is 13.2. The fourth-order valence-corrected chi connectivity index (χ4v) is 1.77. The molecule has 1 rings (SSSR count). The molecule has 17 heavy (non-hydrogen) atoms. The maximum Gasteiger partial charge on any atom is 0.123 e. The van der Waals surface area contributed by atoms with Crippen LogP contribution in [0.2, 0.25) is 0 Å². The minimum Gasteiger partial charge on any atom is -0.389 e. The van der Waals surface area contributed by atoms with Gasteiger partial charge in [0.1, 0.15) is 5.82 Å². The number of rotatable bonds is 5. The van der Waals surface area contributed by atoms with Crippen molar-refractivity contribution in [3.63, 3.8) is 0 Å². The van der Waals surface area contributed by atoms with Crippen LogP contribution in [0.4, 0.5) is 10.1 Å². The highest BCUT2D eigenvalue weighted by Gasteiger charge is 2.16. The quantitative estimate of drug-likeness (QED) is 0.859. The van der Waals surface area contributed by atoms with Crippen LogP contribution in [0.25, 0.3) is 0 Å². The van der Waals surface area contributed by atoms with Crippen molar-refractivity contribution in [2.75, 3.05) is 25.7 Å². The van der Waals surface area contributed by atoms with Gasteiger partial charge in [0, 0.05) is 31.5 Å². The summed E-state index contributed by atoms with van der Waals surface area (Å²) < 4.78 is 18.3. The largest absolute Gasteiger partial charge is 0.389 e. The Bertz CT molecular complexity index is 368. The molecule has 1 aromatic carbocycles. The van der Waals surface area contributed by atoms with Gasteiger partial charge in [0.15, 0.2) is 0 Å². The molecule has 2 unspecified atom stereocenters. The predicted molar refractivity (Wildman–Crippen MR) is 66.8 cm³/mol. The number of hydrogen-bond acceptors (Lipinski definition) is 3. The third-order valence-electron chi connectivity index (χ3n) is 2.89. The number of nitrogens with zero attached hydrogens (tertiary/aromatic N) is 1. The molecule has 0 bridgehead atoms. The van der Waals surface area contributed by atoms with E-state index < -0.39 is 6.10 Å². The summed E-state index contributed by atoms with van der Waals surface area (Å²) in [4.78, 5) is 1.98. The molecule has 1 N–H and O–H groups in total. The van der Waals surface area contributed by atoms with E-state index in [0.717, 1.165) is 5.69 Å². The molecule has 0 radical (unpaired) electrons. The molecule has 0 fully saturated rings. The number of halogens is 1. The van der Waals surface area contributed by atoms with Crippen molar-refractivity contribution in [2.45, 2.75) is 26.0 Å². The summed E-state index contributed by atoms with van der Waals surface area (Å²) >= 11 is 0. The molecule has 0 saturated carbocycles. The summed E-state index contributed by atoms with van der Waals surface area (Å²) in [6.07, 6.45) is -0.696. The van der Waals surface area contributed by atoms with E-state index in [-0.39, 0.29) is 11.9 Å². The van der Waals surface area contributed by atoms with Crippen molar-refractivity contribution in [3.05, 3.63) is 29.6 Å². The van der Waals surface area contributed by atoms with Gasteiger partial charge in [0.05, 0.1) is 12.7 Å². The van der Waals surface area contributed by atoms with Gasteiger partial charge in [-0.25, -0.2) is 4.39 Å². The van der Waals surface area contributed by atoms with Crippen molar-refractivity contribution < 1.29 is 14.2 Å². The third-order valence-corrected chi connectivity index (χ3v) is 2.89. The van der Waals surface area contributed by atoms with Gasteiger partial charge in [-0.2, -0.15) is 0 Å². The van der Waals surface area contributed by atoms with E-state index >= 15 is 0 Å². The number of benzene rings is 1. The number of hydrogen-bond donors (Lipinski definition) is 1. The van der Waals surface area contributed by atoms with E-state index in [0.29, 0.717) is 12.2 Å². The van der Waals surface area contributed by atoms with E-state index in [4.69, 9.17) is 4.74 Å². The summed E-state index contributed by atoms with van der Waals surface area (Å²) in [5.41, 5.74) is 1.42. The van der Waals surface area contributed by atoms with Crippen molar-refractivity contribution in [1.82, 2.24) is 0 Å². The summed E-state index contributed by atoms with van der Waals surface area (Å²) in [6, 6.07) is 4.61. The molecule has 96 valence electrons. The predicted octanol–water partition coefficient (Wildman–Crippen LogP) is 2.35. The minimum absolute atomic E-state index is 0.156. The zero-order valence-corrected chi connectivity index (χ0v) is 10.8. The molecule has 0 aliphatic carbocycles. The standard InChI is InChI=1S/C13H20FNO2/c1-9(8-17-4)15(3)13-6-5-11(14)7-12(13)10(2)16/h5-7,9-10,16H,8H2,1-4H3. The van der Waals surface area contributed by atoms with Crippen LogP contribution in [0.1, 0.15) is 25.5 Å². The van der Waals surface area contributed by atoms with Gasteiger partial charge < -0.3 is 14.7 Å². The summed E-state index contributed by atoms with van der Waals surface area (Å²) in [6.45, 7) is 4.22. The van der Waals surface area contributed by atoms with Gasteiger partial charge in [0.2, 0.25) is 0 Å².